The van der Waals surface area contributed by atoms with E-state index < -0.39 is 0 Å². The van der Waals surface area contributed by atoms with Gasteiger partial charge >= 0.3 is 0 Å². The highest BCUT2D eigenvalue weighted by Gasteiger charge is 2.36. The highest BCUT2D eigenvalue weighted by Crippen LogP contribution is 2.38. The van der Waals surface area contributed by atoms with Gasteiger partial charge in [0.1, 0.15) is 5.82 Å². The first kappa shape index (κ1) is 15.7. The molecule has 1 amide bonds. The number of amides is 1. The van der Waals surface area contributed by atoms with Crippen LogP contribution in [0.4, 0.5) is 4.39 Å². The van der Waals surface area contributed by atoms with Gasteiger partial charge in [0.2, 0.25) is 5.91 Å². The van der Waals surface area contributed by atoms with Crippen molar-refractivity contribution < 1.29 is 9.18 Å². The fourth-order valence-electron chi connectivity index (χ4n) is 3.40. The molecule has 0 aliphatic heterocycles. The molecule has 23 heavy (non-hydrogen) atoms. The smallest absolute Gasteiger partial charge is 0.222 e. The van der Waals surface area contributed by atoms with Gasteiger partial charge in [-0.15, -0.1) is 0 Å². The van der Waals surface area contributed by atoms with Crippen LogP contribution in [0.1, 0.15) is 43.4 Å². The van der Waals surface area contributed by atoms with Gasteiger partial charge in [-0.3, -0.25) is 9.48 Å². The van der Waals surface area contributed by atoms with Crippen molar-refractivity contribution in [3.05, 3.63) is 53.6 Å². The summed E-state index contributed by atoms with van der Waals surface area (Å²) in [6, 6.07) is 8.44. The van der Waals surface area contributed by atoms with Crippen molar-refractivity contribution in [2.75, 3.05) is 0 Å². The van der Waals surface area contributed by atoms with Gasteiger partial charge in [-0.2, -0.15) is 5.10 Å². The molecule has 4 nitrogen and oxygen atoms in total. The third kappa shape index (κ3) is 3.44. The molecule has 5 heteroatoms. The molecule has 1 aliphatic carbocycles. The van der Waals surface area contributed by atoms with Gasteiger partial charge in [0.05, 0.1) is 5.54 Å². The summed E-state index contributed by atoms with van der Waals surface area (Å²) in [7, 11) is 0. The summed E-state index contributed by atoms with van der Waals surface area (Å²) in [6.45, 7) is 2.55. The highest BCUT2D eigenvalue weighted by atomic mass is 19.1. The topological polar surface area (TPSA) is 46.9 Å². The molecule has 1 fully saturated rings. The van der Waals surface area contributed by atoms with Gasteiger partial charge in [0.25, 0.3) is 0 Å². The summed E-state index contributed by atoms with van der Waals surface area (Å²) in [6.07, 6.45) is 6.11. The van der Waals surface area contributed by atoms with Gasteiger partial charge in [0, 0.05) is 24.9 Å². The number of rotatable bonds is 5. The van der Waals surface area contributed by atoms with Crippen molar-refractivity contribution >= 4 is 5.91 Å². The second-order valence-corrected chi connectivity index (χ2v) is 6.29. The molecule has 122 valence electrons. The van der Waals surface area contributed by atoms with E-state index in [4.69, 9.17) is 0 Å². The maximum atomic E-state index is 13.2. The number of aromatic nitrogens is 2. The number of hydrogen-bond donors (Lipinski definition) is 1. The maximum Gasteiger partial charge on any atom is 0.222 e. The quantitative estimate of drug-likeness (QED) is 0.920. The van der Waals surface area contributed by atoms with Crippen LogP contribution in [0.5, 0.6) is 0 Å². The van der Waals surface area contributed by atoms with Crippen LogP contribution >= 0.6 is 0 Å². The minimum Gasteiger partial charge on any atom is -0.347 e. The predicted octanol–water partition coefficient (Wildman–Crippen LogP) is 3.31. The second-order valence-electron chi connectivity index (χ2n) is 6.29. The third-order valence-corrected chi connectivity index (χ3v) is 4.71. The predicted molar refractivity (Wildman–Crippen MR) is 86.3 cm³/mol. The normalized spacial score (nSPS) is 16.4. The molecule has 0 atom stereocenters. The van der Waals surface area contributed by atoms with Crippen molar-refractivity contribution in [3.63, 3.8) is 0 Å². The van der Waals surface area contributed by atoms with Crippen LogP contribution in [-0.4, -0.2) is 15.7 Å². The molecule has 0 saturated heterocycles. The van der Waals surface area contributed by atoms with Crippen molar-refractivity contribution in [1.82, 2.24) is 15.1 Å². The average molecular weight is 315 g/mol. The lowest BCUT2D eigenvalue weighted by Crippen LogP contribution is -2.44. The second kappa shape index (κ2) is 6.52. The van der Waals surface area contributed by atoms with E-state index in [1.165, 1.54) is 12.1 Å². The Labute approximate surface area is 135 Å². The fraction of sp³-hybridized carbons (Fsp3) is 0.444. The number of nitrogens with one attached hydrogen (secondary N) is 1. The molecule has 0 radical (unpaired) electrons. The summed E-state index contributed by atoms with van der Waals surface area (Å²) in [5.41, 5.74) is 1.70. The van der Waals surface area contributed by atoms with Crippen LogP contribution in [0.15, 0.2) is 36.5 Å². The van der Waals surface area contributed by atoms with E-state index in [-0.39, 0.29) is 17.3 Å². The average Bonchev–Trinajstić information content (AvgIpc) is 3.16. The molecule has 1 aromatic carbocycles. The molecule has 0 spiro atoms. The fourth-order valence-corrected chi connectivity index (χ4v) is 3.40. The number of carbonyl (C=O) groups excluding carboxylic acids is 1. The molecule has 1 aliphatic rings. The lowest BCUT2D eigenvalue weighted by atomic mass is 9.88. The standard InChI is InChI=1S/C18H22FN3O/c1-14-8-12-20-22(14)13-9-17(23)21-18(10-2-3-11-18)15-4-6-16(19)7-5-15/h4-8,12H,2-3,9-11,13H2,1H3,(H,21,23). The SMILES string of the molecule is Cc1ccnn1CCC(=O)NC1(c2ccc(F)cc2)CCCC1. The summed E-state index contributed by atoms with van der Waals surface area (Å²) in [4.78, 5) is 12.4. The van der Waals surface area contributed by atoms with Gasteiger partial charge in [-0.05, 0) is 43.5 Å². The monoisotopic (exact) mass is 315 g/mol. The number of carbonyl (C=O) groups is 1. The van der Waals surface area contributed by atoms with Crippen LogP contribution in [0.3, 0.4) is 0 Å². The minimum atomic E-state index is -0.343. The Balaban J connectivity index is 1.68. The van der Waals surface area contributed by atoms with Gasteiger partial charge in [0.15, 0.2) is 0 Å². The summed E-state index contributed by atoms with van der Waals surface area (Å²) < 4.78 is 15.0. The first-order valence-corrected chi connectivity index (χ1v) is 8.15. The maximum absolute atomic E-state index is 13.2. The van der Waals surface area contributed by atoms with E-state index in [1.807, 2.05) is 17.7 Å². The lowest BCUT2D eigenvalue weighted by molar-refractivity contribution is -0.123. The molecule has 1 N–H and O–H groups in total. The first-order chi connectivity index (χ1) is 11.1. The van der Waals surface area contributed by atoms with Crippen LogP contribution < -0.4 is 5.32 Å². The molecular formula is C18H22FN3O. The Kier molecular flexibility index (Phi) is 4.46. The summed E-state index contributed by atoms with van der Waals surface area (Å²) >= 11 is 0. The Morgan fingerprint density at radius 1 is 1.26 bits per heavy atom. The van der Waals surface area contributed by atoms with E-state index in [1.54, 1.807) is 18.3 Å². The van der Waals surface area contributed by atoms with E-state index in [0.29, 0.717) is 13.0 Å². The molecule has 1 heterocycles. The van der Waals surface area contributed by atoms with Gasteiger partial charge < -0.3 is 5.32 Å². The van der Waals surface area contributed by atoms with Crippen LogP contribution in [0.2, 0.25) is 0 Å². The zero-order valence-corrected chi connectivity index (χ0v) is 13.4. The zero-order valence-electron chi connectivity index (χ0n) is 13.4. The Morgan fingerprint density at radius 2 is 1.96 bits per heavy atom. The number of benzene rings is 1. The molecule has 1 saturated carbocycles. The number of halogens is 1. The Morgan fingerprint density at radius 3 is 2.57 bits per heavy atom. The molecule has 0 unspecified atom stereocenters. The summed E-state index contributed by atoms with van der Waals surface area (Å²) in [5.74, 6) is -0.228. The number of aryl methyl sites for hydroxylation is 2. The van der Waals surface area contributed by atoms with E-state index in [2.05, 4.69) is 10.4 Å². The lowest BCUT2D eigenvalue weighted by Gasteiger charge is -2.31. The molecule has 2 aromatic rings. The summed E-state index contributed by atoms with van der Waals surface area (Å²) in [5, 5.41) is 7.41. The first-order valence-electron chi connectivity index (χ1n) is 8.15. The van der Waals surface area contributed by atoms with Crippen LogP contribution in [0.25, 0.3) is 0 Å². The van der Waals surface area contributed by atoms with E-state index in [9.17, 15) is 9.18 Å². The van der Waals surface area contributed by atoms with E-state index >= 15 is 0 Å². The molecule has 3 rings (SSSR count). The van der Waals surface area contributed by atoms with Crippen LogP contribution in [0, 0.1) is 12.7 Å². The van der Waals surface area contributed by atoms with Crippen molar-refractivity contribution in [2.24, 2.45) is 0 Å². The molecular weight excluding hydrogens is 293 g/mol. The van der Waals surface area contributed by atoms with Crippen molar-refractivity contribution in [1.29, 1.82) is 0 Å². The van der Waals surface area contributed by atoms with E-state index in [0.717, 1.165) is 36.9 Å². The zero-order chi connectivity index (χ0) is 16.3. The van der Waals surface area contributed by atoms with Crippen LogP contribution in [-0.2, 0) is 16.9 Å². The van der Waals surface area contributed by atoms with Gasteiger partial charge in [-0.1, -0.05) is 25.0 Å². The number of hydrogen-bond acceptors (Lipinski definition) is 2. The third-order valence-electron chi connectivity index (χ3n) is 4.71. The largest absolute Gasteiger partial charge is 0.347 e. The molecule has 0 bridgehead atoms. The highest BCUT2D eigenvalue weighted by molar-refractivity contribution is 5.77. The minimum absolute atomic E-state index is 0.0196. The number of nitrogens with zero attached hydrogens (tertiary/aromatic N) is 2. The van der Waals surface area contributed by atoms with Gasteiger partial charge in [-0.25, -0.2) is 4.39 Å². The molecule has 1 aromatic heterocycles. The van der Waals surface area contributed by atoms with Crippen molar-refractivity contribution in [3.8, 4) is 0 Å². The van der Waals surface area contributed by atoms with Crippen molar-refractivity contribution in [2.45, 2.75) is 51.1 Å². The Bertz CT molecular complexity index is 672. The Hall–Kier alpha value is -2.17.